The van der Waals surface area contributed by atoms with Gasteiger partial charge in [-0.15, -0.1) is 0 Å². The van der Waals surface area contributed by atoms with Crippen molar-refractivity contribution in [2.45, 2.75) is 31.7 Å². The molecule has 7 heteroatoms. The lowest BCUT2D eigenvalue weighted by molar-refractivity contribution is -0.142. The number of benzene rings is 1. The van der Waals surface area contributed by atoms with E-state index in [1.54, 1.807) is 18.2 Å². The molecule has 24 heavy (non-hydrogen) atoms. The number of hydrogen-bond acceptors (Lipinski definition) is 5. The van der Waals surface area contributed by atoms with Gasteiger partial charge in [0.15, 0.2) is 0 Å². The number of anilines is 1. The molecule has 1 aromatic rings. The van der Waals surface area contributed by atoms with Crippen molar-refractivity contribution in [3.63, 3.8) is 0 Å². The Kier molecular flexibility index (Phi) is 6.59. The smallest absolute Gasteiger partial charge is 0.307 e. The number of piperidine rings is 1. The van der Waals surface area contributed by atoms with Gasteiger partial charge < -0.3 is 10.1 Å². The summed E-state index contributed by atoms with van der Waals surface area (Å²) in [5.74, 6) is -0.432. The molecule has 1 heterocycles. The molecule has 128 valence electrons. The minimum Gasteiger partial charge on any atom is -0.469 e. The minimum absolute atomic E-state index is 0.0292. The first-order valence-corrected chi connectivity index (χ1v) is 8.21. The highest BCUT2D eigenvalue weighted by molar-refractivity contribution is 6.32. The zero-order valence-corrected chi connectivity index (χ0v) is 14.3. The van der Waals surface area contributed by atoms with Crippen molar-refractivity contribution in [3.8, 4) is 6.07 Å². The first-order chi connectivity index (χ1) is 11.5. The van der Waals surface area contributed by atoms with Crippen LogP contribution in [-0.4, -0.2) is 43.0 Å². The molecule has 1 unspecified atom stereocenters. The van der Waals surface area contributed by atoms with Crippen LogP contribution in [0.1, 0.15) is 31.2 Å². The van der Waals surface area contributed by atoms with Gasteiger partial charge in [0.05, 0.1) is 30.7 Å². The van der Waals surface area contributed by atoms with E-state index in [-0.39, 0.29) is 24.5 Å². The van der Waals surface area contributed by atoms with E-state index >= 15 is 0 Å². The Labute approximate surface area is 146 Å². The van der Waals surface area contributed by atoms with Crippen LogP contribution in [0.5, 0.6) is 0 Å². The molecule has 1 aromatic carbocycles. The summed E-state index contributed by atoms with van der Waals surface area (Å²) in [7, 11) is 1.37. The van der Waals surface area contributed by atoms with Crippen molar-refractivity contribution >= 4 is 29.2 Å². The average Bonchev–Trinajstić information content (AvgIpc) is 2.56. The number of hydrogen-bond donors (Lipinski definition) is 1. The number of nitrogens with zero attached hydrogens (tertiary/aromatic N) is 2. The molecule has 1 fully saturated rings. The van der Waals surface area contributed by atoms with E-state index < -0.39 is 0 Å². The maximum absolute atomic E-state index is 12.3. The molecule has 0 aromatic heterocycles. The summed E-state index contributed by atoms with van der Waals surface area (Å²) in [6, 6.07) is 6.77. The van der Waals surface area contributed by atoms with E-state index in [0.29, 0.717) is 22.7 Å². The highest BCUT2D eigenvalue weighted by atomic mass is 35.5. The molecule has 0 aliphatic carbocycles. The third kappa shape index (κ3) is 4.95. The Morgan fingerprint density at radius 3 is 2.92 bits per heavy atom. The second kappa shape index (κ2) is 8.67. The fraction of sp³-hybridized carbons (Fsp3) is 0.471. The number of esters is 1. The maximum atomic E-state index is 12.3. The fourth-order valence-electron chi connectivity index (χ4n) is 2.84. The van der Waals surface area contributed by atoms with Gasteiger partial charge in [-0.25, -0.2) is 0 Å². The zero-order chi connectivity index (χ0) is 17.5. The normalized spacial score (nSPS) is 17.8. The van der Waals surface area contributed by atoms with Crippen LogP contribution in [-0.2, 0) is 14.3 Å². The molecule has 0 spiro atoms. The number of carbonyl (C=O) groups excluding carboxylic acids is 2. The van der Waals surface area contributed by atoms with Gasteiger partial charge in [0.2, 0.25) is 5.91 Å². The lowest BCUT2D eigenvalue weighted by Crippen LogP contribution is -2.45. The summed E-state index contributed by atoms with van der Waals surface area (Å²) in [4.78, 5) is 25.8. The SMILES string of the molecule is COC(=O)CC1CCCCN1CC(=O)Nc1ccc(C#N)c(Cl)c1. The highest BCUT2D eigenvalue weighted by Crippen LogP contribution is 2.22. The molecule has 0 bridgehead atoms. The summed E-state index contributed by atoms with van der Waals surface area (Å²) in [5, 5.41) is 11.9. The highest BCUT2D eigenvalue weighted by Gasteiger charge is 2.26. The molecule has 0 radical (unpaired) electrons. The number of halogens is 1. The van der Waals surface area contributed by atoms with E-state index in [4.69, 9.17) is 21.6 Å². The van der Waals surface area contributed by atoms with Gasteiger partial charge >= 0.3 is 5.97 Å². The Balaban J connectivity index is 1.96. The quantitative estimate of drug-likeness (QED) is 0.826. The predicted molar refractivity (Wildman–Crippen MR) is 90.6 cm³/mol. The van der Waals surface area contributed by atoms with Crippen molar-refractivity contribution in [3.05, 3.63) is 28.8 Å². The molecular formula is C17H20ClN3O3. The summed E-state index contributed by atoms with van der Waals surface area (Å²) in [6.45, 7) is 0.989. The molecule has 6 nitrogen and oxygen atoms in total. The van der Waals surface area contributed by atoms with Crippen LogP contribution in [0.15, 0.2) is 18.2 Å². The summed E-state index contributed by atoms with van der Waals surface area (Å²) in [6.07, 6.45) is 3.23. The molecule has 1 N–H and O–H groups in total. The van der Waals surface area contributed by atoms with Crippen LogP contribution in [0.2, 0.25) is 5.02 Å². The summed E-state index contributed by atoms with van der Waals surface area (Å²) < 4.78 is 4.73. The number of amides is 1. The van der Waals surface area contributed by atoms with Gasteiger partial charge in [0, 0.05) is 11.7 Å². The number of nitrogens with one attached hydrogen (secondary N) is 1. The van der Waals surface area contributed by atoms with Crippen molar-refractivity contribution in [2.75, 3.05) is 25.5 Å². The van der Waals surface area contributed by atoms with Crippen LogP contribution in [0.3, 0.4) is 0 Å². The van der Waals surface area contributed by atoms with Gasteiger partial charge in [-0.2, -0.15) is 5.26 Å². The number of nitriles is 1. The first-order valence-electron chi connectivity index (χ1n) is 7.84. The Bertz CT molecular complexity index is 657. The van der Waals surface area contributed by atoms with Crippen LogP contribution < -0.4 is 5.32 Å². The van der Waals surface area contributed by atoms with E-state index in [1.165, 1.54) is 7.11 Å². The number of likely N-dealkylation sites (tertiary alicyclic amines) is 1. The van der Waals surface area contributed by atoms with E-state index in [0.717, 1.165) is 25.8 Å². The molecule has 1 aliphatic heterocycles. The summed E-state index contributed by atoms with van der Waals surface area (Å²) >= 11 is 5.97. The van der Waals surface area contributed by atoms with E-state index in [2.05, 4.69) is 5.32 Å². The second-order valence-corrected chi connectivity index (χ2v) is 6.16. The lowest BCUT2D eigenvalue weighted by Gasteiger charge is -2.34. The summed E-state index contributed by atoms with van der Waals surface area (Å²) in [5.41, 5.74) is 0.911. The molecule has 1 saturated heterocycles. The van der Waals surface area contributed by atoms with Crippen LogP contribution >= 0.6 is 11.6 Å². The van der Waals surface area contributed by atoms with E-state index in [1.807, 2.05) is 11.0 Å². The molecule has 2 rings (SSSR count). The van der Waals surface area contributed by atoms with Crippen LogP contribution in [0.4, 0.5) is 5.69 Å². The largest absolute Gasteiger partial charge is 0.469 e. The third-order valence-electron chi connectivity index (χ3n) is 4.10. The monoisotopic (exact) mass is 349 g/mol. The maximum Gasteiger partial charge on any atom is 0.307 e. The van der Waals surface area contributed by atoms with Gasteiger partial charge in [0.25, 0.3) is 0 Å². The average molecular weight is 350 g/mol. The first kappa shape index (κ1) is 18.2. The Morgan fingerprint density at radius 1 is 1.46 bits per heavy atom. The fourth-order valence-corrected chi connectivity index (χ4v) is 3.07. The topological polar surface area (TPSA) is 82.4 Å². The second-order valence-electron chi connectivity index (χ2n) is 5.75. The number of ether oxygens (including phenoxy) is 1. The number of carbonyl (C=O) groups is 2. The standard InChI is InChI=1S/C17H20ClN3O3/c1-24-17(23)9-14-4-2-3-7-21(14)11-16(22)20-13-6-5-12(10-19)15(18)8-13/h5-6,8,14H,2-4,7,9,11H2,1H3,(H,20,22). The molecular weight excluding hydrogens is 330 g/mol. The molecule has 1 atom stereocenters. The predicted octanol–water partition coefficient (Wildman–Crippen LogP) is 2.57. The van der Waals surface area contributed by atoms with Crippen molar-refractivity contribution < 1.29 is 14.3 Å². The number of methoxy groups -OCH3 is 1. The van der Waals surface area contributed by atoms with Crippen LogP contribution in [0, 0.1) is 11.3 Å². The van der Waals surface area contributed by atoms with Crippen LogP contribution in [0.25, 0.3) is 0 Å². The molecule has 1 amide bonds. The van der Waals surface area contributed by atoms with E-state index in [9.17, 15) is 9.59 Å². The van der Waals surface area contributed by atoms with Crippen molar-refractivity contribution in [2.24, 2.45) is 0 Å². The van der Waals surface area contributed by atoms with Gasteiger partial charge in [-0.3, -0.25) is 14.5 Å². The van der Waals surface area contributed by atoms with Crippen molar-refractivity contribution in [1.82, 2.24) is 4.90 Å². The Hall–Kier alpha value is -2.10. The number of rotatable bonds is 5. The van der Waals surface area contributed by atoms with Gasteiger partial charge in [0.1, 0.15) is 6.07 Å². The van der Waals surface area contributed by atoms with Gasteiger partial charge in [-0.05, 0) is 37.6 Å². The third-order valence-corrected chi connectivity index (χ3v) is 4.41. The Morgan fingerprint density at radius 2 is 2.25 bits per heavy atom. The van der Waals surface area contributed by atoms with Crippen molar-refractivity contribution in [1.29, 1.82) is 5.26 Å². The molecule has 1 aliphatic rings. The zero-order valence-electron chi connectivity index (χ0n) is 13.5. The van der Waals surface area contributed by atoms with Gasteiger partial charge in [-0.1, -0.05) is 18.0 Å². The lowest BCUT2D eigenvalue weighted by atomic mass is 9.99. The molecule has 0 saturated carbocycles. The minimum atomic E-state index is -0.258.